The molecule has 0 saturated heterocycles. The second-order valence-corrected chi connectivity index (χ2v) is 3.84. The first-order valence-electron chi connectivity index (χ1n) is 5.65. The number of hydrogen-bond acceptors (Lipinski definition) is 8. The molecule has 0 amide bonds. The highest BCUT2D eigenvalue weighted by molar-refractivity contribution is 5.90. The molecular formula is C11H15N3O6. The molecule has 1 rings (SSSR count). The maximum Gasteiger partial charge on any atom is 0.294 e. The topological polar surface area (TPSA) is 148 Å². The zero-order chi connectivity index (χ0) is 15.1. The molecule has 5 N–H and O–H groups in total. The number of benzene rings is 1. The van der Waals surface area contributed by atoms with Crippen molar-refractivity contribution in [3.05, 3.63) is 34.4 Å². The number of aliphatic hydroxyl groups excluding tert-OH is 4. The molecule has 0 fully saturated rings. The van der Waals surface area contributed by atoms with Crippen LogP contribution in [0.3, 0.4) is 0 Å². The molecule has 0 aromatic heterocycles. The van der Waals surface area contributed by atoms with Crippen molar-refractivity contribution in [1.29, 1.82) is 0 Å². The third-order valence-corrected chi connectivity index (χ3v) is 2.48. The second-order valence-electron chi connectivity index (χ2n) is 3.84. The van der Waals surface area contributed by atoms with Crippen LogP contribution >= 0.6 is 0 Å². The summed E-state index contributed by atoms with van der Waals surface area (Å²) in [6.07, 6.45) is -3.09. The summed E-state index contributed by atoms with van der Waals surface area (Å²) >= 11 is 0. The lowest BCUT2D eigenvalue weighted by molar-refractivity contribution is -0.384. The van der Waals surface area contributed by atoms with Crippen LogP contribution in [0.5, 0.6) is 0 Å². The van der Waals surface area contributed by atoms with E-state index in [0.717, 1.165) is 0 Å². The first kappa shape index (κ1) is 16.0. The van der Waals surface area contributed by atoms with Crippen molar-refractivity contribution in [2.24, 2.45) is 5.10 Å². The first-order chi connectivity index (χ1) is 9.51. The SMILES string of the molecule is O=[N+]([O-])c1ccccc1N/N=C(/CO)[C@H](O)[C@@H](O)CO. The van der Waals surface area contributed by atoms with Crippen LogP contribution in [-0.2, 0) is 0 Å². The van der Waals surface area contributed by atoms with Gasteiger partial charge in [-0.1, -0.05) is 12.1 Å². The number of nitro benzene ring substituents is 1. The fourth-order valence-electron chi connectivity index (χ4n) is 1.38. The van der Waals surface area contributed by atoms with Crippen LogP contribution in [0.25, 0.3) is 0 Å². The van der Waals surface area contributed by atoms with Crippen LogP contribution in [0.15, 0.2) is 29.4 Å². The summed E-state index contributed by atoms with van der Waals surface area (Å²) in [4.78, 5) is 10.2. The van der Waals surface area contributed by atoms with Crippen LogP contribution in [0.1, 0.15) is 0 Å². The third kappa shape index (κ3) is 3.96. The van der Waals surface area contributed by atoms with Gasteiger partial charge < -0.3 is 20.4 Å². The molecule has 9 heteroatoms. The average Bonchev–Trinajstić information content (AvgIpc) is 2.46. The smallest absolute Gasteiger partial charge is 0.294 e. The largest absolute Gasteiger partial charge is 0.394 e. The van der Waals surface area contributed by atoms with Gasteiger partial charge in [0.1, 0.15) is 17.9 Å². The Labute approximate surface area is 114 Å². The lowest BCUT2D eigenvalue weighted by Crippen LogP contribution is -2.38. The van der Waals surface area contributed by atoms with Crippen molar-refractivity contribution in [3.63, 3.8) is 0 Å². The van der Waals surface area contributed by atoms with E-state index in [1.807, 2.05) is 0 Å². The molecule has 110 valence electrons. The average molecular weight is 285 g/mol. The number of nitro groups is 1. The van der Waals surface area contributed by atoms with Gasteiger partial charge in [0.05, 0.1) is 23.8 Å². The Morgan fingerprint density at radius 3 is 2.55 bits per heavy atom. The van der Waals surface area contributed by atoms with Crippen molar-refractivity contribution in [2.45, 2.75) is 12.2 Å². The summed E-state index contributed by atoms with van der Waals surface area (Å²) < 4.78 is 0. The van der Waals surface area contributed by atoms with Crippen LogP contribution in [0, 0.1) is 10.1 Å². The lowest BCUT2D eigenvalue weighted by atomic mass is 10.1. The monoisotopic (exact) mass is 285 g/mol. The number of hydrazone groups is 1. The van der Waals surface area contributed by atoms with Gasteiger partial charge in [-0.3, -0.25) is 15.5 Å². The number of anilines is 1. The van der Waals surface area contributed by atoms with E-state index in [1.165, 1.54) is 18.2 Å². The van der Waals surface area contributed by atoms with Crippen LogP contribution in [0.2, 0.25) is 0 Å². The third-order valence-electron chi connectivity index (χ3n) is 2.48. The number of hydrogen-bond donors (Lipinski definition) is 5. The van der Waals surface area contributed by atoms with Crippen molar-refractivity contribution < 1.29 is 25.3 Å². The standard InChI is InChI=1S/C11H15N3O6/c15-5-8(11(18)10(17)6-16)13-12-7-3-1-2-4-9(7)14(19)20/h1-4,10-12,15-18H,5-6H2/b13-8-/t10-,11-/m0/s1. The van der Waals surface area contributed by atoms with Gasteiger partial charge in [0, 0.05) is 6.07 Å². The van der Waals surface area contributed by atoms with Crippen molar-refractivity contribution in [1.82, 2.24) is 0 Å². The molecular weight excluding hydrogens is 270 g/mol. The summed E-state index contributed by atoms with van der Waals surface area (Å²) in [5.74, 6) is 0. The van der Waals surface area contributed by atoms with Crippen LogP contribution in [-0.4, -0.2) is 56.5 Å². The molecule has 0 saturated carbocycles. The Morgan fingerprint density at radius 1 is 1.35 bits per heavy atom. The first-order valence-corrected chi connectivity index (χ1v) is 5.65. The Bertz CT molecular complexity index is 493. The van der Waals surface area contributed by atoms with Crippen LogP contribution in [0.4, 0.5) is 11.4 Å². The molecule has 0 bridgehead atoms. The van der Waals surface area contributed by atoms with Gasteiger partial charge in [-0.05, 0) is 6.07 Å². The van der Waals surface area contributed by atoms with E-state index in [0.29, 0.717) is 0 Å². The maximum atomic E-state index is 10.8. The van der Waals surface area contributed by atoms with E-state index < -0.39 is 30.3 Å². The van der Waals surface area contributed by atoms with Gasteiger partial charge >= 0.3 is 0 Å². The summed E-state index contributed by atoms with van der Waals surface area (Å²) in [7, 11) is 0. The van der Waals surface area contributed by atoms with Gasteiger partial charge in [0.2, 0.25) is 0 Å². The van der Waals surface area contributed by atoms with Crippen molar-refractivity contribution in [2.75, 3.05) is 18.6 Å². The summed E-state index contributed by atoms with van der Waals surface area (Å²) in [6, 6.07) is 5.67. The molecule has 2 atom stereocenters. The molecule has 0 radical (unpaired) electrons. The fourth-order valence-corrected chi connectivity index (χ4v) is 1.38. The lowest BCUT2D eigenvalue weighted by Gasteiger charge is -2.16. The van der Waals surface area contributed by atoms with Gasteiger partial charge in [-0.25, -0.2) is 0 Å². The zero-order valence-electron chi connectivity index (χ0n) is 10.4. The Hall–Kier alpha value is -2.07. The van der Waals surface area contributed by atoms with E-state index in [4.69, 9.17) is 10.2 Å². The number of rotatable bonds is 7. The molecule has 0 aliphatic carbocycles. The number of nitrogens with one attached hydrogen (secondary N) is 1. The molecule has 0 aliphatic heterocycles. The minimum Gasteiger partial charge on any atom is -0.394 e. The van der Waals surface area contributed by atoms with Gasteiger partial charge in [0.25, 0.3) is 5.69 Å². The quantitative estimate of drug-likeness (QED) is 0.247. The van der Waals surface area contributed by atoms with Crippen molar-refractivity contribution >= 4 is 17.1 Å². The van der Waals surface area contributed by atoms with Gasteiger partial charge in [-0.2, -0.15) is 5.10 Å². The highest BCUT2D eigenvalue weighted by atomic mass is 16.6. The number of para-hydroxylation sites is 2. The normalized spacial score (nSPS) is 14.7. The van der Waals surface area contributed by atoms with E-state index >= 15 is 0 Å². The van der Waals surface area contributed by atoms with E-state index in [-0.39, 0.29) is 17.1 Å². The Balaban J connectivity index is 2.92. The maximum absolute atomic E-state index is 10.8. The summed E-state index contributed by atoms with van der Waals surface area (Å²) in [6.45, 7) is -1.41. The second kappa shape index (κ2) is 7.50. The summed E-state index contributed by atoms with van der Waals surface area (Å²) in [5.41, 5.74) is 1.91. The highest BCUT2D eigenvalue weighted by Gasteiger charge is 2.21. The minimum atomic E-state index is -1.58. The molecule has 0 heterocycles. The predicted molar refractivity (Wildman–Crippen MR) is 70.3 cm³/mol. The Kier molecular flexibility index (Phi) is 6.00. The Morgan fingerprint density at radius 2 is 2.00 bits per heavy atom. The van der Waals surface area contributed by atoms with Gasteiger partial charge in [-0.15, -0.1) is 0 Å². The highest BCUT2D eigenvalue weighted by Crippen LogP contribution is 2.23. The van der Waals surface area contributed by atoms with E-state index in [2.05, 4.69) is 10.5 Å². The molecule has 0 unspecified atom stereocenters. The molecule has 9 nitrogen and oxygen atoms in total. The minimum absolute atomic E-state index is 0.0640. The van der Waals surface area contributed by atoms with Crippen molar-refractivity contribution in [3.8, 4) is 0 Å². The molecule has 0 spiro atoms. The zero-order valence-corrected chi connectivity index (χ0v) is 10.4. The predicted octanol–water partition coefficient (Wildman–Crippen LogP) is -0.931. The number of nitrogens with zero attached hydrogens (tertiary/aromatic N) is 2. The van der Waals surface area contributed by atoms with E-state index in [9.17, 15) is 20.3 Å². The molecule has 1 aromatic carbocycles. The van der Waals surface area contributed by atoms with Gasteiger partial charge in [0.15, 0.2) is 0 Å². The molecule has 20 heavy (non-hydrogen) atoms. The van der Waals surface area contributed by atoms with Crippen LogP contribution < -0.4 is 5.43 Å². The number of aliphatic hydroxyl groups is 4. The summed E-state index contributed by atoms with van der Waals surface area (Å²) in [5, 5.41) is 50.9. The molecule has 1 aromatic rings. The molecule has 0 aliphatic rings. The fraction of sp³-hybridized carbons (Fsp3) is 0.364. The van der Waals surface area contributed by atoms with E-state index in [1.54, 1.807) is 6.07 Å².